The molecule has 0 atom stereocenters. The van der Waals surface area contributed by atoms with Gasteiger partial charge in [-0.2, -0.15) is 0 Å². The number of hydrogen-bond donors (Lipinski definition) is 1. The molecule has 0 aliphatic rings. The summed E-state index contributed by atoms with van der Waals surface area (Å²) in [6.45, 7) is 2.22. The number of methoxy groups -OCH3 is 1. The molecule has 0 fully saturated rings. The van der Waals surface area contributed by atoms with Crippen LogP contribution in [-0.2, 0) is 13.6 Å². The van der Waals surface area contributed by atoms with Crippen molar-refractivity contribution >= 4 is 0 Å². The predicted molar refractivity (Wildman–Crippen MR) is 67.8 cm³/mol. The molecule has 0 spiro atoms. The highest BCUT2D eigenvalue weighted by Crippen LogP contribution is 2.28. The van der Waals surface area contributed by atoms with Crippen LogP contribution in [0.4, 0.5) is 4.39 Å². The summed E-state index contributed by atoms with van der Waals surface area (Å²) >= 11 is 0. The molecule has 1 heterocycles. The van der Waals surface area contributed by atoms with Crippen molar-refractivity contribution in [3.63, 3.8) is 0 Å². The van der Waals surface area contributed by atoms with Crippen LogP contribution in [0.2, 0.25) is 0 Å². The van der Waals surface area contributed by atoms with Crippen molar-refractivity contribution in [3.05, 3.63) is 35.5 Å². The average Bonchev–Trinajstić information content (AvgIpc) is 2.65. The van der Waals surface area contributed by atoms with E-state index in [1.165, 1.54) is 13.2 Å². The van der Waals surface area contributed by atoms with E-state index in [1.54, 1.807) is 12.1 Å². The summed E-state index contributed by atoms with van der Waals surface area (Å²) in [4.78, 5) is 4.36. The first kappa shape index (κ1) is 12.6. The Bertz CT molecular complexity index is 578. The number of nitrogens with two attached hydrogens (primary N) is 1. The van der Waals surface area contributed by atoms with E-state index >= 15 is 0 Å². The Morgan fingerprint density at radius 3 is 2.72 bits per heavy atom. The molecule has 0 aliphatic heterocycles. The Morgan fingerprint density at radius 2 is 2.17 bits per heavy atom. The van der Waals surface area contributed by atoms with Gasteiger partial charge in [0.25, 0.3) is 0 Å². The Morgan fingerprint density at radius 1 is 1.44 bits per heavy atom. The molecular formula is C13H16FN3O. The lowest BCUT2D eigenvalue weighted by Crippen LogP contribution is -2.01. The lowest BCUT2D eigenvalue weighted by atomic mass is 10.1. The summed E-state index contributed by atoms with van der Waals surface area (Å²) in [6, 6.07) is 4.85. The van der Waals surface area contributed by atoms with Crippen molar-refractivity contribution in [2.75, 3.05) is 7.11 Å². The zero-order valence-corrected chi connectivity index (χ0v) is 10.7. The van der Waals surface area contributed by atoms with Crippen LogP contribution < -0.4 is 10.5 Å². The van der Waals surface area contributed by atoms with Crippen molar-refractivity contribution in [1.82, 2.24) is 9.55 Å². The number of nitrogens with zero attached hydrogens (tertiary/aromatic N) is 2. The van der Waals surface area contributed by atoms with Crippen molar-refractivity contribution < 1.29 is 9.13 Å². The molecule has 1 aromatic carbocycles. The molecule has 4 nitrogen and oxygen atoms in total. The van der Waals surface area contributed by atoms with E-state index in [-0.39, 0.29) is 5.75 Å². The molecule has 2 rings (SSSR count). The van der Waals surface area contributed by atoms with Gasteiger partial charge in [0, 0.05) is 19.2 Å². The molecule has 2 aromatic rings. The summed E-state index contributed by atoms with van der Waals surface area (Å²) in [5.74, 6) is 0.686. The molecule has 0 saturated heterocycles. The molecule has 0 saturated carbocycles. The summed E-state index contributed by atoms with van der Waals surface area (Å²) < 4.78 is 20.5. The average molecular weight is 249 g/mol. The Hall–Kier alpha value is -1.88. The van der Waals surface area contributed by atoms with Gasteiger partial charge in [-0.3, -0.25) is 0 Å². The van der Waals surface area contributed by atoms with Gasteiger partial charge in [-0.1, -0.05) is 0 Å². The number of aryl methyl sites for hydroxylation is 1. The van der Waals surface area contributed by atoms with Crippen LogP contribution in [0.25, 0.3) is 11.3 Å². The monoisotopic (exact) mass is 249 g/mol. The lowest BCUT2D eigenvalue weighted by molar-refractivity contribution is 0.386. The number of benzene rings is 1. The number of rotatable bonds is 3. The van der Waals surface area contributed by atoms with E-state index in [0.717, 1.165) is 22.8 Å². The minimum atomic E-state index is -0.392. The van der Waals surface area contributed by atoms with Crippen LogP contribution >= 0.6 is 0 Å². The summed E-state index contributed by atoms with van der Waals surface area (Å²) in [6.07, 6.45) is 0. The molecular weight excluding hydrogens is 233 g/mol. The maximum Gasteiger partial charge on any atom is 0.165 e. The van der Waals surface area contributed by atoms with Crippen LogP contribution in [0.5, 0.6) is 5.75 Å². The second-order valence-corrected chi connectivity index (χ2v) is 4.07. The molecule has 2 N–H and O–H groups in total. The van der Waals surface area contributed by atoms with Crippen molar-refractivity contribution in [3.8, 4) is 17.0 Å². The van der Waals surface area contributed by atoms with Crippen LogP contribution in [0.3, 0.4) is 0 Å². The lowest BCUT2D eigenvalue weighted by Gasteiger charge is -2.08. The second kappa shape index (κ2) is 4.78. The van der Waals surface area contributed by atoms with Crippen LogP contribution in [0.15, 0.2) is 18.2 Å². The SMILES string of the molecule is COc1ccc(-c2c(CN)nc(C)n2C)cc1F. The summed E-state index contributed by atoms with van der Waals surface area (Å²) in [7, 11) is 3.33. The van der Waals surface area contributed by atoms with E-state index in [0.29, 0.717) is 6.54 Å². The standard InChI is InChI=1S/C13H16FN3O/c1-8-16-11(7-15)13(17(8)2)9-4-5-12(18-3)10(14)6-9/h4-6H,7,15H2,1-3H3. The van der Waals surface area contributed by atoms with E-state index in [4.69, 9.17) is 10.5 Å². The van der Waals surface area contributed by atoms with Crippen LogP contribution in [0.1, 0.15) is 11.5 Å². The molecule has 0 bridgehead atoms. The molecule has 96 valence electrons. The van der Waals surface area contributed by atoms with E-state index in [9.17, 15) is 4.39 Å². The minimum absolute atomic E-state index is 0.229. The third kappa shape index (κ3) is 1.97. The maximum absolute atomic E-state index is 13.7. The van der Waals surface area contributed by atoms with Gasteiger partial charge >= 0.3 is 0 Å². The van der Waals surface area contributed by atoms with Gasteiger partial charge in [0.2, 0.25) is 0 Å². The smallest absolute Gasteiger partial charge is 0.165 e. The fourth-order valence-electron chi connectivity index (χ4n) is 1.99. The Balaban J connectivity index is 2.58. The number of imidazole rings is 1. The van der Waals surface area contributed by atoms with Gasteiger partial charge in [0.05, 0.1) is 18.5 Å². The molecule has 0 radical (unpaired) electrons. The zero-order chi connectivity index (χ0) is 13.3. The molecule has 0 amide bonds. The van der Waals surface area contributed by atoms with Gasteiger partial charge in [-0.15, -0.1) is 0 Å². The highest BCUT2D eigenvalue weighted by molar-refractivity contribution is 5.64. The van der Waals surface area contributed by atoms with Crippen LogP contribution in [0, 0.1) is 12.7 Å². The maximum atomic E-state index is 13.7. The van der Waals surface area contributed by atoms with Gasteiger partial charge in [-0.05, 0) is 25.1 Å². The Labute approximate surface area is 105 Å². The Kier molecular flexibility index (Phi) is 3.34. The highest BCUT2D eigenvalue weighted by atomic mass is 19.1. The topological polar surface area (TPSA) is 53.1 Å². The number of halogens is 1. The largest absolute Gasteiger partial charge is 0.494 e. The van der Waals surface area contributed by atoms with Gasteiger partial charge in [-0.25, -0.2) is 9.37 Å². The summed E-state index contributed by atoms with van der Waals surface area (Å²) in [5, 5.41) is 0. The molecule has 18 heavy (non-hydrogen) atoms. The van der Waals surface area contributed by atoms with Gasteiger partial charge in [0.1, 0.15) is 5.82 Å². The van der Waals surface area contributed by atoms with E-state index in [1.807, 2.05) is 18.5 Å². The minimum Gasteiger partial charge on any atom is -0.494 e. The molecule has 0 unspecified atom stereocenters. The quantitative estimate of drug-likeness (QED) is 0.905. The van der Waals surface area contributed by atoms with Crippen LogP contribution in [-0.4, -0.2) is 16.7 Å². The van der Waals surface area contributed by atoms with Gasteiger partial charge < -0.3 is 15.0 Å². The third-order valence-corrected chi connectivity index (χ3v) is 3.01. The van der Waals surface area contributed by atoms with Gasteiger partial charge in [0.15, 0.2) is 11.6 Å². The van der Waals surface area contributed by atoms with Crippen molar-refractivity contribution in [2.24, 2.45) is 12.8 Å². The normalized spacial score (nSPS) is 10.7. The van der Waals surface area contributed by atoms with E-state index < -0.39 is 5.82 Å². The number of hydrogen-bond acceptors (Lipinski definition) is 3. The fraction of sp³-hybridized carbons (Fsp3) is 0.308. The number of ether oxygens (including phenoxy) is 1. The second-order valence-electron chi connectivity index (χ2n) is 4.07. The highest BCUT2D eigenvalue weighted by Gasteiger charge is 2.14. The number of aromatic nitrogens is 2. The first-order chi connectivity index (χ1) is 8.58. The molecule has 1 aromatic heterocycles. The van der Waals surface area contributed by atoms with Crippen molar-refractivity contribution in [1.29, 1.82) is 0 Å². The zero-order valence-electron chi connectivity index (χ0n) is 10.7. The van der Waals surface area contributed by atoms with Crippen molar-refractivity contribution in [2.45, 2.75) is 13.5 Å². The first-order valence-corrected chi connectivity index (χ1v) is 5.64. The molecule has 5 heteroatoms. The fourth-order valence-corrected chi connectivity index (χ4v) is 1.99. The molecule has 0 aliphatic carbocycles. The predicted octanol–water partition coefficient (Wildman–Crippen LogP) is 2.00. The van der Waals surface area contributed by atoms with E-state index in [2.05, 4.69) is 4.98 Å². The first-order valence-electron chi connectivity index (χ1n) is 5.64. The third-order valence-electron chi connectivity index (χ3n) is 3.01. The summed E-state index contributed by atoms with van der Waals surface area (Å²) in [5.41, 5.74) is 8.02.